The highest BCUT2D eigenvalue weighted by molar-refractivity contribution is 6.60. The van der Waals surface area contributed by atoms with Crippen LogP contribution in [0, 0.1) is 0 Å². The lowest BCUT2D eigenvalue weighted by molar-refractivity contribution is -0.137. The van der Waals surface area contributed by atoms with Crippen LogP contribution in [0.1, 0.15) is 11.1 Å². The lowest BCUT2D eigenvalue weighted by atomic mass is 9.99. The van der Waals surface area contributed by atoms with Gasteiger partial charge in [-0.2, -0.15) is 0 Å². The lowest BCUT2D eigenvalue weighted by Gasteiger charge is -2.14. The summed E-state index contributed by atoms with van der Waals surface area (Å²) in [6.07, 6.45) is 0. The predicted molar refractivity (Wildman–Crippen MR) is 77.5 cm³/mol. The first-order valence-electron chi connectivity index (χ1n) is 6.37. The van der Waals surface area contributed by atoms with E-state index in [-0.39, 0.29) is 0 Å². The number of hydrogen-bond acceptors (Lipinski definition) is 2. The molecule has 0 atom stereocenters. The van der Waals surface area contributed by atoms with Crippen molar-refractivity contribution in [1.29, 1.82) is 0 Å². The van der Waals surface area contributed by atoms with Gasteiger partial charge in [-0.15, -0.1) is 0 Å². The Labute approximate surface area is 117 Å². The van der Waals surface area contributed by atoms with E-state index in [0.29, 0.717) is 11.3 Å². The molecule has 0 radical (unpaired) electrons. The molecular formula is C17H13NO2. The van der Waals surface area contributed by atoms with Gasteiger partial charge in [-0.25, -0.2) is 0 Å². The molecule has 0 saturated carbocycles. The fourth-order valence-electron chi connectivity index (χ4n) is 2.44. The van der Waals surface area contributed by atoms with Crippen LogP contribution in [-0.4, -0.2) is 23.6 Å². The lowest BCUT2D eigenvalue weighted by Crippen LogP contribution is -2.24. The van der Waals surface area contributed by atoms with E-state index in [2.05, 4.69) is 0 Å². The molecule has 0 aromatic heterocycles. The molecule has 1 aliphatic rings. The zero-order valence-corrected chi connectivity index (χ0v) is 11.0. The molecule has 0 bridgehead atoms. The molecule has 0 spiro atoms. The van der Waals surface area contributed by atoms with Crippen LogP contribution in [0.2, 0.25) is 0 Å². The molecule has 0 fully saturated rings. The van der Waals surface area contributed by atoms with Crippen molar-refractivity contribution < 1.29 is 9.59 Å². The highest BCUT2D eigenvalue weighted by Crippen LogP contribution is 2.34. The van der Waals surface area contributed by atoms with Crippen molar-refractivity contribution >= 4 is 23.0 Å². The third-order valence-electron chi connectivity index (χ3n) is 3.41. The second kappa shape index (κ2) is 4.78. The maximum Gasteiger partial charge on any atom is 0.299 e. The van der Waals surface area contributed by atoms with Crippen molar-refractivity contribution in [1.82, 2.24) is 4.90 Å². The van der Waals surface area contributed by atoms with Gasteiger partial charge in [0.1, 0.15) is 0 Å². The average Bonchev–Trinajstić information content (AvgIpc) is 2.73. The zero-order valence-electron chi connectivity index (χ0n) is 11.0. The number of ketones is 1. The molecule has 1 amide bonds. The van der Waals surface area contributed by atoms with Gasteiger partial charge in [0.15, 0.2) is 0 Å². The summed E-state index contributed by atoms with van der Waals surface area (Å²) in [5, 5.41) is 0. The van der Waals surface area contributed by atoms with E-state index in [1.165, 1.54) is 4.90 Å². The maximum atomic E-state index is 12.3. The van der Waals surface area contributed by atoms with Gasteiger partial charge in [-0.05, 0) is 11.1 Å². The van der Waals surface area contributed by atoms with E-state index in [9.17, 15) is 9.59 Å². The highest BCUT2D eigenvalue weighted by atomic mass is 16.2. The number of amides is 1. The second-order valence-corrected chi connectivity index (χ2v) is 4.65. The normalized spacial score (nSPS) is 15.2. The van der Waals surface area contributed by atoms with Gasteiger partial charge in [-0.3, -0.25) is 9.59 Å². The molecule has 3 nitrogen and oxygen atoms in total. The summed E-state index contributed by atoms with van der Waals surface area (Å²) in [6, 6.07) is 18.8. The van der Waals surface area contributed by atoms with E-state index in [1.807, 2.05) is 60.7 Å². The van der Waals surface area contributed by atoms with Gasteiger partial charge < -0.3 is 4.90 Å². The minimum Gasteiger partial charge on any atom is -0.307 e. The smallest absolute Gasteiger partial charge is 0.299 e. The first-order valence-corrected chi connectivity index (χ1v) is 6.37. The van der Waals surface area contributed by atoms with E-state index >= 15 is 0 Å². The molecular weight excluding hydrogens is 250 g/mol. The fourth-order valence-corrected chi connectivity index (χ4v) is 2.44. The Hall–Kier alpha value is -2.68. The van der Waals surface area contributed by atoms with Crippen LogP contribution < -0.4 is 0 Å². The molecule has 0 saturated heterocycles. The molecule has 1 aliphatic heterocycles. The third-order valence-corrected chi connectivity index (χ3v) is 3.41. The summed E-state index contributed by atoms with van der Waals surface area (Å²) >= 11 is 0. The number of Topliss-reactive ketones (excluding diaryl/α,β-unsaturated/α-hetero) is 1. The Kier molecular flexibility index (Phi) is 2.95. The Balaban J connectivity index is 2.26. The maximum absolute atomic E-state index is 12.3. The summed E-state index contributed by atoms with van der Waals surface area (Å²) in [4.78, 5) is 25.7. The Bertz CT molecular complexity index is 702. The second-order valence-electron chi connectivity index (χ2n) is 4.65. The van der Waals surface area contributed by atoms with E-state index < -0.39 is 11.7 Å². The van der Waals surface area contributed by atoms with Gasteiger partial charge in [0.25, 0.3) is 11.7 Å². The van der Waals surface area contributed by atoms with Gasteiger partial charge in [0.05, 0.1) is 11.3 Å². The highest BCUT2D eigenvalue weighted by Gasteiger charge is 2.37. The van der Waals surface area contributed by atoms with Crippen LogP contribution in [0.5, 0.6) is 0 Å². The Morgan fingerprint density at radius 3 is 1.80 bits per heavy atom. The van der Waals surface area contributed by atoms with Gasteiger partial charge >= 0.3 is 0 Å². The first-order chi connectivity index (χ1) is 9.70. The molecule has 2 aromatic rings. The van der Waals surface area contributed by atoms with E-state index in [4.69, 9.17) is 0 Å². The number of nitrogens with zero attached hydrogens (tertiary/aromatic N) is 1. The summed E-state index contributed by atoms with van der Waals surface area (Å²) in [5.74, 6) is -0.930. The molecule has 0 aliphatic carbocycles. The zero-order chi connectivity index (χ0) is 14.1. The number of hydrogen-bond donors (Lipinski definition) is 0. The SMILES string of the molecule is CN1C(=O)C(=O)C(c2ccccc2)=C1c1ccccc1. The van der Waals surface area contributed by atoms with Crippen LogP contribution in [0.15, 0.2) is 60.7 Å². The quantitative estimate of drug-likeness (QED) is 0.781. The first kappa shape index (κ1) is 12.4. The van der Waals surface area contributed by atoms with Crippen molar-refractivity contribution in [2.45, 2.75) is 0 Å². The molecule has 0 unspecified atom stereocenters. The summed E-state index contributed by atoms with van der Waals surface area (Å²) < 4.78 is 0. The average molecular weight is 263 g/mol. The van der Waals surface area contributed by atoms with Crippen LogP contribution in [0.3, 0.4) is 0 Å². The monoisotopic (exact) mass is 263 g/mol. The Morgan fingerprint density at radius 1 is 0.750 bits per heavy atom. The fraction of sp³-hybridized carbons (Fsp3) is 0.0588. The molecule has 98 valence electrons. The van der Waals surface area contributed by atoms with Crippen molar-refractivity contribution in [2.24, 2.45) is 0 Å². The summed E-state index contributed by atoms with van der Waals surface area (Å²) in [6.45, 7) is 0. The van der Waals surface area contributed by atoms with Crippen molar-refractivity contribution in [3.8, 4) is 0 Å². The van der Waals surface area contributed by atoms with E-state index in [0.717, 1.165) is 11.1 Å². The molecule has 0 N–H and O–H groups in total. The van der Waals surface area contributed by atoms with Crippen molar-refractivity contribution in [3.63, 3.8) is 0 Å². The van der Waals surface area contributed by atoms with Crippen molar-refractivity contribution in [2.75, 3.05) is 7.05 Å². The predicted octanol–water partition coefficient (Wildman–Crippen LogP) is 2.60. The molecule has 3 heteroatoms. The topological polar surface area (TPSA) is 37.4 Å². The van der Waals surface area contributed by atoms with Gasteiger partial charge in [0, 0.05) is 7.05 Å². The third kappa shape index (κ3) is 1.84. The number of rotatable bonds is 2. The van der Waals surface area contributed by atoms with Crippen LogP contribution >= 0.6 is 0 Å². The summed E-state index contributed by atoms with van der Waals surface area (Å²) in [7, 11) is 1.64. The molecule has 1 heterocycles. The van der Waals surface area contributed by atoms with Gasteiger partial charge in [-0.1, -0.05) is 60.7 Å². The minimum atomic E-state index is -0.484. The minimum absolute atomic E-state index is 0.447. The van der Waals surface area contributed by atoms with Crippen LogP contribution in [0.4, 0.5) is 0 Å². The number of carbonyl (C=O) groups is 2. The standard InChI is InChI=1S/C17H13NO2/c1-18-15(13-10-6-3-7-11-13)14(16(19)17(18)20)12-8-4-2-5-9-12/h2-11H,1H3. The summed E-state index contributed by atoms with van der Waals surface area (Å²) in [5.41, 5.74) is 2.79. The van der Waals surface area contributed by atoms with Gasteiger partial charge in [0.2, 0.25) is 0 Å². The van der Waals surface area contributed by atoms with Crippen LogP contribution in [-0.2, 0) is 9.59 Å². The van der Waals surface area contributed by atoms with Crippen LogP contribution in [0.25, 0.3) is 11.3 Å². The largest absolute Gasteiger partial charge is 0.307 e. The Morgan fingerprint density at radius 2 is 1.25 bits per heavy atom. The molecule has 20 heavy (non-hydrogen) atoms. The van der Waals surface area contributed by atoms with Crippen molar-refractivity contribution in [3.05, 3.63) is 71.8 Å². The number of likely N-dealkylation sites (N-methyl/N-ethyl adjacent to an activating group) is 1. The number of benzene rings is 2. The molecule has 2 aromatic carbocycles. The number of carbonyl (C=O) groups excluding carboxylic acids is 2. The van der Waals surface area contributed by atoms with E-state index in [1.54, 1.807) is 7.05 Å². The molecule has 3 rings (SSSR count).